The highest BCUT2D eigenvalue weighted by molar-refractivity contribution is 7.89. The zero-order valence-corrected chi connectivity index (χ0v) is 20.3. The van der Waals surface area contributed by atoms with Gasteiger partial charge in [0.15, 0.2) is 0 Å². The van der Waals surface area contributed by atoms with Gasteiger partial charge in [0.05, 0.1) is 4.90 Å². The number of likely N-dealkylation sites (tertiary alicyclic amines) is 1. The summed E-state index contributed by atoms with van der Waals surface area (Å²) in [4.78, 5) is 27.5. The maximum absolute atomic E-state index is 13.0. The average Bonchev–Trinajstić information content (AvgIpc) is 2.89. The molecule has 8 heteroatoms. The van der Waals surface area contributed by atoms with Crippen LogP contribution in [0.1, 0.15) is 37.7 Å². The van der Waals surface area contributed by atoms with Gasteiger partial charge in [-0.25, -0.2) is 8.42 Å². The van der Waals surface area contributed by atoms with E-state index in [1.807, 2.05) is 35.2 Å². The van der Waals surface area contributed by atoms with Crippen LogP contribution in [0.15, 0.2) is 65.6 Å². The number of carbonyl (C=O) groups is 2. The van der Waals surface area contributed by atoms with Gasteiger partial charge >= 0.3 is 0 Å². The van der Waals surface area contributed by atoms with Crippen LogP contribution >= 0.6 is 0 Å². The summed E-state index contributed by atoms with van der Waals surface area (Å²) in [5.41, 5.74) is 1.15. The molecule has 34 heavy (non-hydrogen) atoms. The molecule has 2 aromatic rings. The van der Waals surface area contributed by atoms with Crippen LogP contribution in [-0.4, -0.2) is 61.7 Å². The van der Waals surface area contributed by atoms with Crippen LogP contribution in [0.5, 0.6) is 0 Å². The van der Waals surface area contributed by atoms with E-state index in [9.17, 15) is 18.0 Å². The molecule has 2 aromatic carbocycles. The number of sulfonamides is 1. The maximum atomic E-state index is 13.0. The predicted octanol–water partition coefficient (Wildman–Crippen LogP) is 2.83. The second-order valence-electron chi connectivity index (χ2n) is 9.14. The lowest BCUT2D eigenvalue weighted by Crippen LogP contribution is -2.49. The quantitative estimate of drug-likeness (QED) is 0.656. The third kappa shape index (κ3) is 6.04. The summed E-state index contributed by atoms with van der Waals surface area (Å²) in [6, 6.07) is 18.5. The van der Waals surface area contributed by atoms with Gasteiger partial charge in [0.2, 0.25) is 21.8 Å². The van der Waals surface area contributed by atoms with Crippen LogP contribution in [-0.2, 0) is 26.0 Å². The maximum Gasteiger partial charge on any atom is 0.243 e. The molecule has 2 saturated heterocycles. The fraction of sp³-hybridized carbons (Fsp3) is 0.462. The van der Waals surface area contributed by atoms with Crippen molar-refractivity contribution in [1.82, 2.24) is 14.5 Å². The van der Waals surface area contributed by atoms with Crippen LogP contribution in [0.25, 0.3) is 0 Å². The summed E-state index contributed by atoms with van der Waals surface area (Å²) in [6.07, 6.45) is 3.78. The number of nitrogens with zero attached hydrogens (tertiary/aromatic N) is 2. The molecule has 0 spiro atoms. The molecule has 4 rings (SSSR count). The van der Waals surface area contributed by atoms with Gasteiger partial charge < -0.3 is 10.2 Å². The predicted molar refractivity (Wildman–Crippen MR) is 130 cm³/mol. The van der Waals surface area contributed by atoms with Crippen LogP contribution in [0.2, 0.25) is 0 Å². The number of carbonyl (C=O) groups excluding carboxylic acids is 2. The molecule has 2 amide bonds. The van der Waals surface area contributed by atoms with E-state index in [2.05, 4.69) is 5.32 Å². The van der Waals surface area contributed by atoms with Crippen molar-refractivity contribution in [3.8, 4) is 0 Å². The first-order chi connectivity index (χ1) is 16.4. The zero-order chi connectivity index (χ0) is 24.0. The van der Waals surface area contributed by atoms with Crippen molar-refractivity contribution >= 4 is 21.8 Å². The van der Waals surface area contributed by atoms with Gasteiger partial charge in [-0.1, -0.05) is 48.5 Å². The lowest BCUT2D eigenvalue weighted by molar-refractivity contribution is -0.138. The Hall–Kier alpha value is -2.71. The molecule has 2 aliphatic rings. The fourth-order valence-electron chi connectivity index (χ4n) is 4.79. The van der Waals surface area contributed by atoms with E-state index in [0.29, 0.717) is 50.3 Å². The molecule has 7 nitrogen and oxygen atoms in total. The number of aryl methyl sites for hydroxylation is 1. The highest BCUT2D eigenvalue weighted by atomic mass is 32.2. The SMILES string of the molecule is O=C(CCc1ccccc1)NC1CCN(C(=O)C2CCN(S(=O)(=O)c3ccccc3)CC2)CC1. The molecular weight excluding hydrogens is 450 g/mol. The third-order valence-electron chi connectivity index (χ3n) is 6.84. The molecule has 2 heterocycles. The molecule has 0 radical (unpaired) electrons. The van der Waals surface area contributed by atoms with Crippen molar-refractivity contribution in [1.29, 1.82) is 0 Å². The van der Waals surface area contributed by atoms with Crippen molar-refractivity contribution in [3.05, 3.63) is 66.2 Å². The van der Waals surface area contributed by atoms with Crippen molar-refractivity contribution in [2.75, 3.05) is 26.2 Å². The van der Waals surface area contributed by atoms with E-state index >= 15 is 0 Å². The number of nitrogens with one attached hydrogen (secondary N) is 1. The van der Waals surface area contributed by atoms with Crippen LogP contribution in [0, 0.1) is 5.92 Å². The third-order valence-corrected chi connectivity index (χ3v) is 8.75. The summed E-state index contributed by atoms with van der Waals surface area (Å²) in [6.45, 7) is 1.99. The second kappa shape index (κ2) is 11.1. The van der Waals surface area contributed by atoms with Crippen LogP contribution < -0.4 is 5.32 Å². The Kier molecular flexibility index (Phi) is 8.00. The first-order valence-corrected chi connectivity index (χ1v) is 13.5. The largest absolute Gasteiger partial charge is 0.353 e. The number of hydrogen-bond acceptors (Lipinski definition) is 4. The summed E-state index contributed by atoms with van der Waals surface area (Å²) in [7, 11) is -3.51. The summed E-state index contributed by atoms with van der Waals surface area (Å²) >= 11 is 0. The van der Waals surface area contributed by atoms with Gasteiger partial charge in [0.1, 0.15) is 0 Å². The van der Waals surface area contributed by atoms with Gasteiger partial charge in [-0.05, 0) is 49.8 Å². The smallest absolute Gasteiger partial charge is 0.243 e. The normalized spacial score (nSPS) is 18.5. The monoisotopic (exact) mass is 483 g/mol. The van der Waals surface area contributed by atoms with E-state index in [0.717, 1.165) is 24.8 Å². The van der Waals surface area contributed by atoms with E-state index < -0.39 is 10.0 Å². The molecule has 0 unspecified atom stereocenters. The standard InChI is InChI=1S/C26H33N3O4S/c30-25(12-11-21-7-3-1-4-8-21)27-23-15-17-28(18-16-23)26(31)22-13-19-29(20-14-22)34(32,33)24-9-5-2-6-10-24/h1-10,22-23H,11-20H2,(H,27,30). The Bertz CT molecular complexity index is 1060. The number of benzene rings is 2. The molecule has 0 atom stereocenters. The summed E-state index contributed by atoms with van der Waals surface area (Å²) < 4.78 is 27.1. The first kappa shape index (κ1) is 24.4. The number of amides is 2. The molecule has 182 valence electrons. The Labute approximate surface area is 202 Å². The Morgan fingerprint density at radius 2 is 1.41 bits per heavy atom. The minimum Gasteiger partial charge on any atom is -0.353 e. The zero-order valence-electron chi connectivity index (χ0n) is 19.4. The van der Waals surface area contributed by atoms with E-state index in [-0.39, 0.29) is 23.8 Å². The van der Waals surface area contributed by atoms with Gasteiger partial charge in [0, 0.05) is 44.6 Å². The topological polar surface area (TPSA) is 86.8 Å². The number of rotatable bonds is 7. The van der Waals surface area contributed by atoms with Crippen molar-refractivity contribution in [2.24, 2.45) is 5.92 Å². The van der Waals surface area contributed by atoms with E-state index in [1.165, 1.54) is 4.31 Å². The molecule has 2 fully saturated rings. The van der Waals surface area contributed by atoms with E-state index in [1.54, 1.807) is 30.3 Å². The van der Waals surface area contributed by atoms with Gasteiger partial charge in [-0.15, -0.1) is 0 Å². The van der Waals surface area contributed by atoms with Crippen molar-refractivity contribution in [2.45, 2.75) is 49.5 Å². The Morgan fingerprint density at radius 1 is 0.824 bits per heavy atom. The lowest BCUT2D eigenvalue weighted by Gasteiger charge is -2.37. The van der Waals surface area contributed by atoms with Gasteiger partial charge in [-0.3, -0.25) is 9.59 Å². The summed E-state index contributed by atoms with van der Waals surface area (Å²) in [5, 5.41) is 3.12. The highest BCUT2D eigenvalue weighted by Gasteiger charge is 2.34. The Morgan fingerprint density at radius 3 is 2.03 bits per heavy atom. The van der Waals surface area contributed by atoms with Crippen molar-refractivity contribution < 1.29 is 18.0 Å². The molecule has 2 aliphatic heterocycles. The van der Waals surface area contributed by atoms with E-state index in [4.69, 9.17) is 0 Å². The lowest BCUT2D eigenvalue weighted by atomic mass is 9.94. The van der Waals surface area contributed by atoms with Crippen LogP contribution in [0.4, 0.5) is 0 Å². The molecule has 1 N–H and O–H groups in total. The Balaban J connectivity index is 1.19. The minimum atomic E-state index is -3.51. The summed E-state index contributed by atoms with van der Waals surface area (Å²) in [5.74, 6) is 0.0328. The molecule has 0 saturated carbocycles. The first-order valence-electron chi connectivity index (χ1n) is 12.1. The molecule has 0 bridgehead atoms. The van der Waals surface area contributed by atoms with Gasteiger partial charge in [0.25, 0.3) is 0 Å². The average molecular weight is 484 g/mol. The van der Waals surface area contributed by atoms with Gasteiger partial charge in [-0.2, -0.15) is 4.31 Å². The highest BCUT2D eigenvalue weighted by Crippen LogP contribution is 2.26. The van der Waals surface area contributed by atoms with Crippen molar-refractivity contribution in [3.63, 3.8) is 0 Å². The molecule has 0 aliphatic carbocycles. The molecule has 0 aromatic heterocycles. The fourth-order valence-corrected chi connectivity index (χ4v) is 6.28. The minimum absolute atomic E-state index is 0.0561. The number of piperidine rings is 2. The molecular formula is C26H33N3O4S. The number of hydrogen-bond donors (Lipinski definition) is 1. The van der Waals surface area contributed by atoms with Crippen LogP contribution in [0.3, 0.4) is 0 Å². The second-order valence-corrected chi connectivity index (χ2v) is 11.1.